The first-order chi connectivity index (χ1) is 27.7. The van der Waals surface area contributed by atoms with E-state index in [0.29, 0.717) is 16.3 Å². The molecule has 292 valence electrons. The zero-order chi connectivity index (χ0) is 39.7. The van der Waals surface area contributed by atoms with Crippen LogP contribution < -0.4 is 31.5 Å². The lowest BCUT2D eigenvalue weighted by atomic mass is 9.98. The maximum absolute atomic E-state index is 13.2. The van der Waals surface area contributed by atoms with Crippen LogP contribution in [0, 0.1) is 18.6 Å². The number of rotatable bonds is 9. The molecular weight excluding hydrogens is 743 g/mol. The number of piperazine rings is 2. The first-order valence-electron chi connectivity index (χ1n) is 18.9. The number of anilines is 4. The fraction of sp³-hybridized carbons (Fsp3) is 0.227. The molecule has 1 amide bonds. The lowest BCUT2D eigenvalue weighted by molar-refractivity contribution is 0.0986. The van der Waals surface area contributed by atoms with Crippen LogP contribution in [0.15, 0.2) is 109 Å². The van der Waals surface area contributed by atoms with Gasteiger partial charge in [0.05, 0.1) is 18.1 Å². The summed E-state index contributed by atoms with van der Waals surface area (Å²) in [6, 6.07) is 27.7. The van der Waals surface area contributed by atoms with Crippen LogP contribution in [-0.2, 0) is 6.42 Å². The molecule has 8 rings (SSSR count). The van der Waals surface area contributed by atoms with Gasteiger partial charge in [-0.2, -0.15) is 0 Å². The Morgan fingerprint density at radius 1 is 0.719 bits per heavy atom. The van der Waals surface area contributed by atoms with E-state index in [-0.39, 0.29) is 29.7 Å². The van der Waals surface area contributed by atoms with Crippen molar-refractivity contribution in [2.45, 2.75) is 13.3 Å². The molecule has 0 bridgehead atoms. The zero-order valence-electron chi connectivity index (χ0n) is 31.6. The van der Waals surface area contributed by atoms with Gasteiger partial charge in [0.2, 0.25) is 0 Å². The number of halogens is 2. The molecule has 4 aromatic carbocycles. The first-order valence-corrected chi connectivity index (χ1v) is 19.7. The van der Waals surface area contributed by atoms with Crippen LogP contribution in [0.25, 0.3) is 22.3 Å². The van der Waals surface area contributed by atoms with E-state index in [1.165, 1.54) is 35.6 Å². The number of nitrogens with zero attached hydrogens (tertiary/aromatic N) is 4. The van der Waals surface area contributed by atoms with Crippen LogP contribution in [0.2, 0.25) is 0 Å². The highest BCUT2D eigenvalue weighted by Gasteiger charge is 2.18. The maximum atomic E-state index is 13.2. The molecule has 0 atom stereocenters. The molecule has 2 aliphatic rings. The summed E-state index contributed by atoms with van der Waals surface area (Å²) in [5.74, 6) is -0.803. The fourth-order valence-electron chi connectivity index (χ4n) is 6.64. The summed E-state index contributed by atoms with van der Waals surface area (Å²) < 4.78 is 26.3. The van der Waals surface area contributed by atoms with Crippen LogP contribution in [-0.4, -0.2) is 74.0 Å². The number of ketones is 1. The first kappa shape index (κ1) is 39.2. The van der Waals surface area contributed by atoms with E-state index < -0.39 is 0 Å². The molecule has 0 spiro atoms. The number of aromatic nitrogens is 2. The number of hydrogen-bond donors (Lipinski definition) is 4. The number of pyridine rings is 1. The highest BCUT2D eigenvalue weighted by Crippen LogP contribution is 2.29. The molecule has 2 saturated heterocycles. The average molecular weight is 787 g/mol. The van der Waals surface area contributed by atoms with E-state index in [4.69, 9.17) is 5.73 Å². The Balaban J connectivity index is 0.000000174. The molecule has 57 heavy (non-hydrogen) atoms. The Hall–Kier alpha value is -6.02. The maximum Gasteiger partial charge on any atom is 0.267 e. The molecule has 0 aliphatic carbocycles. The van der Waals surface area contributed by atoms with Crippen molar-refractivity contribution in [1.29, 1.82) is 0 Å². The van der Waals surface area contributed by atoms with Gasteiger partial charge in [0.15, 0.2) is 10.9 Å². The molecule has 5 N–H and O–H groups in total. The summed E-state index contributed by atoms with van der Waals surface area (Å²) in [6.07, 6.45) is 3.56. The summed E-state index contributed by atoms with van der Waals surface area (Å²) in [5.41, 5.74) is 14.1. The molecule has 2 fully saturated rings. The summed E-state index contributed by atoms with van der Waals surface area (Å²) in [4.78, 5) is 39.3. The van der Waals surface area contributed by atoms with Crippen LogP contribution >= 0.6 is 11.3 Å². The molecule has 6 aromatic rings. The highest BCUT2D eigenvalue weighted by molar-refractivity contribution is 7.17. The minimum atomic E-state index is -0.282. The summed E-state index contributed by atoms with van der Waals surface area (Å²) >= 11 is 1.41. The van der Waals surface area contributed by atoms with Gasteiger partial charge in [0, 0.05) is 70.2 Å². The van der Waals surface area contributed by atoms with Crippen molar-refractivity contribution < 1.29 is 18.4 Å². The van der Waals surface area contributed by atoms with E-state index in [2.05, 4.69) is 35.7 Å². The Morgan fingerprint density at radius 2 is 1.30 bits per heavy atom. The van der Waals surface area contributed by atoms with E-state index in [1.807, 2.05) is 43.3 Å². The second-order valence-corrected chi connectivity index (χ2v) is 14.9. The number of carbonyl (C=O) groups is 2. The van der Waals surface area contributed by atoms with Crippen molar-refractivity contribution in [2.75, 3.05) is 73.2 Å². The number of benzene rings is 4. The Morgan fingerprint density at radius 3 is 1.91 bits per heavy atom. The fourth-order valence-corrected chi connectivity index (χ4v) is 7.50. The third-order valence-electron chi connectivity index (χ3n) is 9.96. The van der Waals surface area contributed by atoms with Crippen LogP contribution in [0.5, 0.6) is 0 Å². The van der Waals surface area contributed by atoms with Crippen molar-refractivity contribution in [2.24, 2.45) is 0 Å². The molecule has 2 aromatic heterocycles. The van der Waals surface area contributed by atoms with Crippen molar-refractivity contribution >= 4 is 45.2 Å². The molecule has 2 aliphatic heterocycles. The number of hydrogen-bond acceptors (Lipinski definition) is 10. The number of Topliss-reactive ketones (excluding diaryl/α,β-unsaturated/α-hetero) is 1. The van der Waals surface area contributed by atoms with E-state index >= 15 is 0 Å². The lowest BCUT2D eigenvalue weighted by Gasteiger charge is -2.29. The SMILES string of the molecule is Cc1ccc(-c2ccc(F)cc2)cc1NC(=O)c1cnc(N2CCNCC2)s1.Nc1ccc(-c2ccc(F)cc2)cc1CC(=O)c1ccc(N2CCNCC2)cn1. The van der Waals surface area contributed by atoms with Crippen LogP contribution in [0.1, 0.15) is 31.3 Å². The van der Waals surface area contributed by atoms with Crippen molar-refractivity contribution in [3.05, 3.63) is 143 Å². The van der Waals surface area contributed by atoms with E-state index in [0.717, 1.165) is 102 Å². The van der Waals surface area contributed by atoms with Gasteiger partial charge in [-0.3, -0.25) is 14.6 Å². The second kappa shape index (κ2) is 18.3. The van der Waals surface area contributed by atoms with Gasteiger partial charge in [-0.25, -0.2) is 13.8 Å². The second-order valence-electron chi connectivity index (χ2n) is 13.9. The Kier molecular flexibility index (Phi) is 12.6. The number of thiazole rings is 1. The zero-order valence-corrected chi connectivity index (χ0v) is 32.4. The quantitative estimate of drug-likeness (QED) is 0.0888. The average Bonchev–Trinajstić information content (AvgIpc) is 3.75. The summed E-state index contributed by atoms with van der Waals surface area (Å²) in [5, 5.41) is 10.5. The number of nitrogen functional groups attached to an aromatic ring is 1. The molecule has 4 heterocycles. The molecule has 13 heteroatoms. The standard InChI is InChI=1S/C23H23FN4O.C21H21FN4OS/c24-19-4-1-16(2-5-19)17-3-7-21(25)18(13-17)14-23(29)22-8-6-20(15-27-22)28-11-9-26-10-12-28;1-14-2-3-16(15-4-6-17(22)7-5-15)12-18(14)25-20(27)19-13-24-21(28-19)26-10-8-23-9-11-26/h1-8,13,15,26H,9-12,14,25H2;2-7,12-13,23H,8-11H2,1H3,(H,25,27). The van der Waals surface area contributed by atoms with Gasteiger partial charge < -0.3 is 31.5 Å². The Labute approximate surface area is 334 Å². The predicted molar refractivity (Wildman–Crippen MR) is 225 cm³/mol. The molecule has 0 radical (unpaired) electrons. The van der Waals surface area contributed by atoms with E-state index in [1.54, 1.807) is 48.8 Å². The topological polar surface area (TPSA) is 129 Å². The smallest absolute Gasteiger partial charge is 0.267 e. The van der Waals surface area contributed by atoms with Crippen LogP contribution in [0.4, 0.5) is 31.0 Å². The van der Waals surface area contributed by atoms with Gasteiger partial charge in [-0.1, -0.05) is 53.8 Å². The highest BCUT2D eigenvalue weighted by atomic mass is 32.1. The third kappa shape index (κ3) is 10.1. The number of nitrogens with two attached hydrogens (primary N) is 1. The predicted octanol–water partition coefficient (Wildman–Crippen LogP) is 7.22. The largest absolute Gasteiger partial charge is 0.398 e. The van der Waals surface area contributed by atoms with Crippen LogP contribution in [0.3, 0.4) is 0 Å². The minimum absolute atomic E-state index is 0.0835. The minimum Gasteiger partial charge on any atom is -0.398 e. The monoisotopic (exact) mass is 786 g/mol. The molecule has 0 unspecified atom stereocenters. The van der Waals surface area contributed by atoms with Gasteiger partial charge in [-0.15, -0.1) is 0 Å². The number of carbonyl (C=O) groups excluding carboxylic acids is 2. The third-order valence-corrected chi connectivity index (χ3v) is 11.0. The molecule has 10 nitrogen and oxygen atoms in total. The van der Waals surface area contributed by atoms with Crippen molar-refractivity contribution in [3.8, 4) is 22.3 Å². The summed E-state index contributed by atoms with van der Waals surface area (Å²) in [6.45, 7) is 9.36. The van der Waals surface area contributed by atoms with Gasteiger partial charge in [0.1, 0.15) is 22.2 Å². The summed E-state index contributed by atoms with van der Waals surface area (Å²) in [7, 11) is 0. The van der Waals surface area contributed by atoms with Crippen molar-refractivity contribution in [1.82, 2.24) is 20.6 Å². The number of nitrogens with one attached hydrogen (secondary N) is 3. The Bertz CT molecular complexity index is 2310. The van der Waals surface area contributed by atoms with Gasteiger partial charge in [-0.05, 0) is 94.9 Å². The molecular formula is C44H44F2N8O2S. The molecule has 0 saturated carbocycles. The number of amides is 1. The lowest BCUT2D eigenvalue weighted by Crippen LogP contribution is -2.43. The normalized spacial score (nSPS) is 14.1. The van der Waals surface area contributed by atoms with E-state index in [9.17, 15) is 18.4 Å². The van der Waals surface area contributed by atoms with Gasteiger partial charge >= 0.3 is 0 Å². The number of aryl methyl sites for hydroxylation is 1. The van der Waals surface area contributed by atoms with Crippen molar-refractivity contribution in [3.63, 3.8) is 0 Å². The van der Waals surface area contributed by atoms with Gasteiger partial charge in [0.25, 0.3) is 5.91 Å².